The molecule has 60 valence electrons. The molecule has 1 heterocycles. The second-order valence-corrected chi connectivity index (χ2v) is 3.21. The summed E-state index contributed by atoms with van der Waals surface area (Å²) in [5, 5.41) is 8.74. The zero-order valence-electron chi connectivity index (χ0n) is 6.58. The van der Waals surface area contributed by atoms with Crippen LogP contribution in [0, 0.1) is 0 Å². The van der Waals surface area contributed by atoms with E-state index in [2.05, 4.69) is 25.2 Å². The molecule has 0 aromatic rings. The van der Waals surface area contributed by atoms with Crippen molar-refractivity contribution < 1.29 is 9.84 Å². The van der Waals surface area contributed by atoms with Crippen molar-refractivity contribution in [3.8, 4) is 0 Å². The summed E-state index contributed by atoms with van der Waals surface area (Å²) in [5.41, 5.74) is 1.12. The molecule has 0 bridgehead atoms. The average Bonchev–Trinajstić information content (AvgIpc) is 2.63. The number of fused-ring (bicyclic) bond motifs is 1. The van der Waals surface area contributed by atoms with Gasteiger partial charge in [-0.3, -0.25) is 0 Å². The van der Waals surface area contributed by atoms with Gasteiger partial charge in [-0.15, -0.1) is 0 Å². The van der Waals surface area contributed by atoms with Crippen LogP contribution in [0.25, 0.3) is 0 Å². The highest BCUT2D eigenvalue weighted by Gasteiger charge is 2.53. The Hall–Kier alpha value is -0.600. The Morgan fingerprint density at radius 1 is 1.73 bits per heavy atom. The molecule has 11 heavy (non-hydrogen) atoms. The van der Waals surface area contributed by atoms with Crippen molar-refractivity contribution >= 4 is 0 Å². The molecule has 0 radical (unpaired) electrons. The highest BCUT2D eigenvalue weighted by Crippen LogP contribution is 2.44. The van der Waals surface area contributed by atoms with E-state index in [0.717, 1.165) is 6.42 Å². The third-order valence-corrected chi connectivity index (χ3v) is 2.32. The fraction of sp³-hybridized carbons (Fsp3) is 0.556. The molecule has 2 aliphatic rings. The molecule has 1 fully saturated rings. The lowest BCUT2D eigenvalue weighted by atomic mass is 9.95. The van der Waals surface area contributed by atoms with E-state index in [4.69, 9.17) is 9.84 Å². The van der Waals surface area contributed by atoms with E-state index < -0.39 is 0 Å². The Balaban J connectivity index is 2.10. The van der Waals surface area contributed by atoms with E-state index in [1.807, 2.05) is 0 Å². The lowest BCUT2D eigenvalue weighted by Gasteiger charge is -2.07. The molecule has 2 heteroatoms. The molecule has 0 spiro atoms. The maximum Gasteiger partial charge on any atom is 0.119 e. The number of epoxide rings is 1. The van der Waals surface area contributed by atoms with Gasteiger partial charge in [0, 0.05) is 13.0 Å². The fourth-order valence-corrected chi connectivity index (χ4v) is 1.54. The normalized spacial score (nSPS) is 39.8. The van der Waals surface area contributed by atoms with Gasteiger partial charge in [0.15, 0.2) is 0 Å². The van der Waals surface area contributed by atoms with Crippen LogP contribution in [0.1, 0.15) is 13.3 Å². The summed E-state index contributed by atoms with van der Waals surface area (Å²) in [6.45, 7) is 2.26. The molecule has 0 aromatic heterocycles. The van der Waals surface area contributed by atoms with Crippen LogP contribution >= 0.6 is 0 Å². The molecule has 1 saturated heterocycles. The largest absolute Gasteiger partial charge is 0.396 e. The van der Waals surface area contributed by atoms with Crippen LogP contribution in [-0.2, 0) is 4.74 Å². The van der Waals surface area contributed by atoms with E-state index in [1.54, 1.807) is 0 Å². The smallest absolute Gasteiger partial charge is 0.119 e. The summed E-state index contributed by atoms with van der Waals surface area (Å²) in [6.07, 6.45) is 7.18. The van der Waals surface area contributed by atoms with Crippen LogP contribution in [0.5, 0.6) is 0 Å². The molecular formula is C9H12O2. The molecule has 2 unspecified atom stereocenters. The summed E-state index contributed by atoms with van der Waals surface area (Å²) in [4.78, 5) is 0. The lowest BCUT2D eigenvalue weighted by Crippen LogP contribution is -2.15. The van der Waals surface area contributed by atoms with Gasteiger partial charge in [0.2, 0.25) is 0 Å². The Labute approximate surface area is 66.2 Å². The predicted molar refractivity (Wildman–Crippen MR) is 42.2 cm³/mol. The second kappa shape index (κ2) is 2.19. The first-order valence-corrected chi connectivity index (χ1v) is 3.93. The highest BCUT2D eigenvalue weighted by atomic mass is 16.6. The van der Waals surface area contributed by atoms with Gasteiger partial charge in [0.05, 0.1) is 0 Å². The number of hydrogen-bond acceptors (Lipinski definition) is 2. The zero-order valence-corrected chi connectivity index (χ0v) is 6.58. The molecule has 1 aliphatic carbocycles. The standard InChI is InChI=1S/C9H12O2/c1-7-2-3-9(4-5-10)8(6-7)11-9/h2-3,6,8,10H,4-5H2,1H3. The fourth-order valence-electron chi connectivity index (χ4n) is 1.54. The van der Waals surface area contributed by atoms with E-state index in [1.165, 1.54) is 5.57 Å². The summed E-state index contributed by atoms with van der Waals surface area (Å²) < 4.78 is 5.45. The van der Waals surface area contributed by atoms with Gasteiger partial charge in [-0.25, -0.2) is 0 Å². The number of aliphatic hydroxyl groups is 1. The predicted octanol–water partition coefficient (Wildman–Crippen LogP) is 1.02. The number of rotatable bonds is 2. The topological polar surface area (TPSA) is 32.8 Å². The van der Waals surface area contributed by atoms with Crippen molar-refractivity contribution in [3.05, 3.63) is 23.8 Å². The van der Waals surface area contributed by atoms with Gasteiger partial charge in [-0.2, -0.15) is 0 Å². The van der Waals surface area contributed by atoms with Crippen LogP contribution in [0.4, 0.5) is 0 Å². The van der Waals surface area contributed by atoms with Crippen LogP contribution in [-0.4, -0.2) is 23.4 Å². The van der Waals surface area contributed by atoms with Gasteiger partial charge in [-0.05, 0) is 19.1 Å². The Bertz CT molecular complexity index is 230. The van der Waals surface area contributed by atoms with Crippen molar-refractivity contribution in [2.24, 2.45) is 0 Å². The van der Waals surface area contributed by atoms with Crippen LogP contribution < -0.4 is 0 Å². The van der Waals surface area contributed by atoms with Crippen molar-refractivity contribution in [3.63, 3.8) is 0 Å². The first-order valence-electron chi connectivity index (χ1n) is 3.93. The molecule has 0 aromatic carbocycles. The Morgan fingerprint density at radius 3 is 3.18 bits per heavy atom. The first-order chi connectivity index (χ1) is 5.27. The second-order valence-electron chi connectivity index (χ2n) is 3.21. The Morgan fingerprint density at radius 2 is 2.55 bits per heavy atom. The third-order valence-electron chi connectivity index (χ3n) is 2.32. The molecule has 2 rings (SSSR count). The van der Waals surface area contributed by atoms with Crippen molar-refractivity contribution in [2.45, 2.75) is 25.0 Å². The van der Waals surface area contributed by atoms with Crippen molar-refractivity contribution in [1.29, 1.82) is 0 Å². The van der Waals surface area contributed by atoms with E-state index in [0.29, 0.717) is 0 Å². The quantitative estimate of drug-likeness (QED) is 0.599. The molecule has 1 N–H and O–H groups in total. The molecule has 1 aliphatic heterocycles. The van der Waals surface area contributed by atoms with Gasteiger partial charge < -0.3 is 9.84 Å². The van der Waals surface area contributed by atoms with Crippen LogP contribution in [0.3, 0.4) is 0 Å². The monoisotopic (exact) mass is 152 g/mol. The summed E-state index contributed by atoms with van der Waals surface area (Å²) >= 11 is 0. The molecule has 2 atom stereocenters. The molecule has 2 nitrogen and oxygen atoms in total. The van der Waals surface area contributed by atoms with E-state index in [9.17, 15) is 0 Å². The SMILES string of the molecule is CC1=CC2OC2(CCO)C=C1. The summed E-state index contributed by atoms with van der Waals surface area (Å²) in [6, 6.07) is 0. The average molecular weight is 152 g/mol. The maximum atomic E-state index is 8.74. The molecule has 0 saturated carbocycles. The minimum atomic E-state index is -0.131. The van der Waals surface area contributed by atoms with Crippen molar-refractivity contribution in [1.82, 2.24) is 0 Å². The highest BCUT2D eigenvalue weighted by molar-refractivity contribution is 5.36. The molecule has 0 amide bonds. The summed E-state index contributed by atoms with van der Waals surface area (Å²) in [7, 11) is 0. The minimum absolute atomic E-state index is 0.131. The Kier molecular flexibility index (Phi) is 1.41. The first kappa shape index (κ1) is 7.07. The van der Waals surface area contributed by atoms with Crippen molar-refractivity contribution in [2.75, 3.05) is 6.61 Å². The number of aliphatic hydroxyl groups excluding tert-OH is 1. The lowest BCUT2D eigenvalue weighted by molar-refractivity contribution is 0.237. The van der Waals surface area contributed by atoms with Gasteiger partial charge in [0.1, 0.15) is 11.7 Å². The van der Waals surface area contributed by atoms with E-state index in [-0.39, 0.29) is 18.3 Å². The van der Waals surface area contributed by atoms with Gasteiger partial charge >= 0.3 is 0 Å². The zero-order chi connectivity index (χ0) is 7.90. The minimum Gasteiger partial charge on any atom is -0.396 e. The molecular weight excluding hydrogens is 140 g/mol. The third kappa shape index (κ3) is 1.03. The number of hydrogen-bond donors (Lipinski definition) is 1. The van der Waals surface area contributed by atoms with Crippen LogP contribution in [0.2, 0.25) is 0 Å². The van der Waals surface area contributed by atoms with Gasteiger partial charge in [-0.1, -0.05) is 11.6 Å². The summed E-state index contributed by atoms with van der Waals surface area (Å²) in [5.74, 6) is 0. The number of ether oxygens (including phenoxy) is 1. The van der Waals surface area contributed by atoms with Gasteiger partial charge in [0.25, 0.3) is 0 Å². The van der Waals surface area contributed by atoms with Crippen LogP contribution in [0.15, 0.2) is 23.8 Å². The van der Waals surface area contributed by atoms with E-state index >= 15 is 0 Å². The maximum absolute atomic E-state index is 8.74. The number of allylic oxidation sites excluding steroid dienone is 2.